The van der Waals surface area contributed by atoms with Gasteiger partial charge in [-0.3, -0.25) is 4.79 Å². The highest BCUT2D eigenvalue weighted by Crippen LogP contribution is 2.40. The standard InChI is InChI=1S/C21H27N5O7/c1-4-5-16(27)25-19-13-6-7-15(26(13)24-11-23-19)21(10-22)18(29)17(28)14(33-21)9-32-20(30)31-8-12(2)3/h6-7,11-12,14,17-18,28-29H,4-5,8-9H2,1-3H3,(H,23,24,25,27)/t14-,17-,18-,21+/m1/s1. The maximum Gasteiger partial charge on any atom is 0.508 e. The lowest BCUT2D eigenvalue weighted by Gasteiger charge is -2.24. The first-order valence-electron chi connectivity index (χ1n) is 10.6. The van der Waals surface area contributed by atoms with E-state index in [2.05, 4.69) is 15.4 Å². The summed E-state index contributed by atoms with van der Waals surface area (Å²) >= 11 is 0. The van der Waals surface area contributed by atoms with E-state index >= 15 is 0 Å². The van der Waals surface area contributed by atoms with Crippen molar-refractivity contribution in [1.29, 1.82) is 5.26 Å². The number of carbonyl (C=O) groups excluding carboxylic acids is 2. The first-order valence-corrected chi connectivity index (χ1v) is 10.6. The van der Waals surface area contributed by atoms with Crippen molar-refractivity contribution >= 4 is 23.4 Å². The molecular formula is C21H27N5O7. The van der Waals surface area contributed by atoms with Crippen molar-refractivity contribution in [2.24, 2.45) is 5.92 Å². The summed E-state index contributed by atoms with van der Waals surface area (Å²) < 4.78 is 16.9. The molecule has 0 spiro atoms. The highest BCUT2D eigenvalue weighted by atomic mass is 16.7. The second-order valence-corrected chi connectivity index (χ2v) is 8.13. The van der Waals surface area contributed by atoms with Crippen molar-refractivity contribution in [3.63, 3.8) is 0 Å². The van der Waals surface area contributed by atoms with Crippen molar-refractivity contribution < 1.29 is 34.0 Å². The minimum atomic E-state index is -2.01. The number of hydrogen-bond donors (Lipinski definition) is 3. The normalized spacial score (nSPS) is 24.6. The zero-order chi connectivity index (χ0) is 24.2. The van der Waals surface area contributed by atoms with Crippen molar-refractivity contribution in [2.75, 3.05) is 18.5 Å². The molecule has 0 unspecified atom stereocenters. The Morgan fingerprint density at radius 2 is 2.12 bits per heavy atom. The molecule has 1 amide bonds. The summed E-state index contributed by atoms with van der Waals surface area (Å²) in [4.78, 5) is 27.8. The molecule has 0 aliphatic carbocycles. The molecule has 0 radical (unpaired) electrons. The summed E-state index contributed by atoms with van der Waals surface area (Å²) in [5.74, 6) is 0.105. The van der Waals surface area contributed by atoms with Gasteiger partial charge in [0.05, 0.1) is 12.3 Å². The second kappa shape index (κ2) is 10.1. The molecule has 33 heavy (non-hydrogen) atoms. The minimum Gasteiger partial charge on any atom is -0.434 e. The fourth-order valence-electron chi connectivity index (χ4n) is 3.48. The SMILES string of the molecule is CCCC(=O)Nc1ncnn2c([C@]3(C#N)O[C@H](COC(=O)OCC(C)C)[C@@H](O)[C@H]3O)ccc12. The average Bonchev–Trinajstić information content (AvgIpc) is 3.32. The van der Waals surface area contributed by atoms with E-state index in [0.717, 1.165) is 0 Å². The van der Waals surface area contributed by atoms with E-state index in [0.29, 0.717) is 18.4 Å². The van der Waals surface area contributed by atoms with Gasteiger partial charge in [-0.15, -0.1) is 0 Å². The summed E-state index contributed by atoms with van der Waals surface area (Å²) in [7, 11) is 0. The quantitative estimate of drug-likeness (QED) is 0.484. The first-order chi connectivity index (χ1) is 15.7. The van der Waals surface area contributed by atoms with Crippen LogP contribution in [0.2, 0.25) is 0 Å². The van der Waals surface area contributed by atoms with E-state index in [4.69, 9.17) is 14.2 Å². The molecular weight excluding hydrogens is 434 g/mol. The number of rotatable bonds is 8. The van der Waals surface area contributed by atoms with Crippen LogP contribution in [0.5, 0.6) is 0 Å². The highest BCUT2D eigenvalue weighted by molar-refractivity contribution is 5.93. The predicted octanol–water partition coefficient (Wildman–Crippen LogP) is 1.12. The largest absolute Gasteiger partial charge is 0.508 e. The van der Waals surface area contributed by atoms with Crippen LogP contribution >= 0.6 is 0 Å². The Labute approximate surface area is 190 Å². The second-order valence-electron chi connectivity index (χ2n) is 8.13. The highest BCUT2D eigenvalue weighted by Gasteiger charge is 2.57. The van der Waals surface area contributed by atoms with Crippen LogP contribution in [0.1, 0.15) is 39.3 Å². The molecule has 12 heteroatoms. The van der Waals surface area contributed by atoms with Gasteiger partial charge in [0.25, 0.3) is 0 Å². The molecule has 1 aliphatic heterocycles. The van der Waals surface area contributed by atoms with Crippen LogP contribution in [0.4, 0.5) is 10.6 Å². The fourth-order valence-corrected chi connectivity index (χ4v) is 3.48. The lowest BCUT2D eigenvalue weighted by atomic mass is 9.92. The van der Waals surface area contributed by atoms with Gasteiger partial charge >= 0.3 is 6.16 Å². The number of ether oxygens (including phenoxy) is 3. The van der Waals surface area contributed by atoms with Crippen LogP contribution in [-0.4, -0.2) is 68.4 Å². The van der Waals surface area contributed by atoms with Crippen LogP contribution in [0, 0.1) is 17.2 Å². The van der Waals surface area contributed by atoms with Crippen molar-refractivity contribution in [2.45, 2.75) is 57.5 Å². The van der Waals surface area contributed by atoms with Gasteiger partial charge in [0.2, 0.25) is 11.5 Å². The summed E-state index contributed by atoms with van der Waals surface area (Å²) in [6.07, 6.45) is -3.19. The summed E-state index contributed by atoms with van der Waals surface area (Å²) in [5.41, 5.74) is -1.53. The Kier molecular flexibility index (Phi) is 7.47. The molecule has 1 aliphatic rings. The number of aromatic nitrogens is 3. The van der Waals surface area contributed by atoms with Crippen molar-refractivity contribution in [3.05, 3.63) is 24.2 Å². The predicted molar refractivity (Wildman–Crippen MR) is 113 cm³/mol. The third kappa shape index (κ3) is 4.90. The van der Waals surface area contributed by atoms with Gasteiger partial charge in [0, 0.05) is 6.42 Å². The monoisotopic (exact) mass is 461 g/mol. The number of aliphatic hydroxyl groups is 2. The van der Waals surface area contributed by atoms with Crippen LogP contribution in [0.25, 0.3) is 5.52 Å². The van der Waals surface area contributed by atoms with E-state index < -0.39 is 36.7 Å². The summed E-state index contributed by atoms with van der Waals surface area (Å²) in [6.45, 7) is 5.32. The van der Waals surface area contributed by atoms with Crippen molar-refractivity contribution in [3.8, 4) is 6.07 Å². The fraction of sp³-hybridized carbons (Fsp3) is 0.571. The number of carbonyl (C=O) groups is 2. The number of anilines is 1. The Bertz CT molecular complexity index is 1050. The van der Waals surface area contributed by atoms with Crippen LogP contribution in [0.15, 0.2) is 18.5 Å². The molecule has 4 atom stereocenters. The smallest absolute Gasteiger partial charge is 0.434 e. The minimum absolute atomic E-state index is 0.111. The third-order valence-corrected chi connectivity index (χ3v) is 5.09. The molecule has 3 rings (SSSR count). The van der Waals surface area contributed by atoms with Gasteiger partial charge in [-0.2, -0.15) is 10.4 Å². The molecule has 3 N–H and O–H groups in total. The number of nitrogens with zero attached hydrogens (tertiary/aromatic N) is 4. The lowest BCUT2D eigenvalue weighted by Crippen LogP contribution is -2.41. The molecule has 12 nitrogen and oxygen atoms in total. The topological polar surface area (TPSA) is 168 Å². The van der Waals surface area contributed by atoms with Gasteiger partial charge in [0.15, 0.2) is 5.82 Å². The molecule has 1 saturated heterocycles. The van der Waals surface area contributed by atoms with E-state index in [1.54, 1.807) is 6.07 Å². The number of hydrogen-bond acceptors (Lipinski definition) is 10. The van der Waals surface area contributed by atoms with Crippen molar-refractivity contribution in [1.82, 2.24) is 14.6 Å². The zero-order valence-electron chi connectivity index (χ0n) is 18.6. The molecule has 0 bridgehead atoms. The Balaban J connectivity index is 1.84. The van der Waals surface area contributed by atoms with Gasteiger partial charge in [0.1, 0.15) is 42.8 Å². The van der Waals surface area contributed by atoms with Gasteiger partial charge in [-0.1, -0.05) is 20.8 Å². The van der Waals surface area contributed by atoms with Gasteiger partial charge in [-0.25, -0.2) is 14.3 Å². The molecule has 2 aromatic rings. The average molecular weight is 461 g/mol. The maximum atomic E-state index is 12.0. The molecule has 3 heterocycles. The number of nitrogens with one attached hydrogen (secondary N) is 1. The number of amides is 1. The van der Waals surface area contributed by atoms with Crippen LogP contribution < -0.4 is 5.32 Å². The molecule has 178 valence electrons. The molecule has 0 aromatic carbocycles. The van der Waals surface area contributed by atoms with Gasteiger partial charge < -0.3 is 29.7 Å². The Hall–Kier alpha value is -3.27. The number of nitriles is 1. The van der Waals surface area contributed by atoms with Gasteiger partial charge in [-0.05, 0) is 24.5 Å². The van der Waals surface area contributed by atoms with E-state index in [-0.39, 0.29) is 29.9 Å². The third-order valence-electron chi connectivity index (χ3n) is 5.09. The van der Waals surface area contributed by atoms with Crippen LogP contribution in [0.3, 0.4) is 0 Å². The van der Waals surface area contributed by atoms with Crippen LogP contribution in [-0.2, 0) is 24.6 Å². The maximum absolute atomic E-state index is 12.0. The molecule has 1 fully saturated rings. The summed E-state index contributed by atoms with van der Waals surface area (Å²) in [6, 6.07) is 4.96. The zero-order valence-corrected chi connectivity index (χ0v) is 18.6. The lowest BCUT2D eigenvalue weighted by molar-refractivity contribution is -0.116. The van der Waals surface area contributed by atoms with E-state index in [9.17, 15) is 25.1 Å². The molecule has 0 saturated carbocycles. The van der Waals surface area contributed by atoms with E-state index in [1.165, 1.54) is 16.9 Å². The molecule has 2 aromatic heterocycles. The number of aliphatic hydroxyl groups excluding tert-OH is 2. The number of fused-ring (bicyclic) bond motifs is 1. The Morgan fingerprint density at radius 1 is 1.36 bits per heavy atom. The van der Waals surface area contributed by atoms with E-state index in [1.807, 2.05) is 26.8 Å². The Morgan fingerprint density at radius 3 is 2.79 bits per heavy atom. The summed E-state index contributed by atoms with van der Waals surface area (Å²) in [5, 5.41) is 38.0. The first kappa shape index (κ1) is 24.4.